The molecule has 2 aromatic heterocycles. The average Bonchev–Trinajstić information content (AvgIpc) is 2.99. The third-order valence-electron chi connectivity index (χ3n) is 4.84. The molecule has 0 spiro atoms. The molecule has 2 N–H and O–H groups in total. The Morgan fingerprint density at radius 3 is 3.00 bits per heavy atom. The lowest BCUT2D eigenvalue weighted by molar-refractivity contribution is 0.0527. The van der Waals surface area contributed by atoms with Crippen LogP contribution in [0.2, 0.25) is 0 Å². The molecule has 0 bridgehead atoms. The molecule has 0 saturated heterocycles. The van der Waals surface area contributed by atoms with Crippen LogP contribution in [-0.4, -0.2) is 28.6 Å². The predicted molar refractivity (Wildman–Crippen MR) is 91.6 cm³/mol. The van der Waals surface area contributed by atoms with Crippen molar-refractivity contribution < 1.29 is 9.53 Å². The Balaban J connectivity index is 1.95. The van der Waals surface area contributed by atoms with Crippen LogP contribution in [-0.2, 0) is 4.74 Å². The van der Waals surface area contributed by atoms with Gasteiger partial charge in [0.1, 0.15) is 11.2 Å². The van der Waals surface area contributed by atoms with Crippen molar-refractivity contribution in [1.82, 2.24) is 9.97 Å². The highest BCUT2D eigenvalue weighted by molar-refractivity contribution is 6.04. The zero-order valence-corrected chi connectivity index (χ0v) is 14.1. The average molecular weight is 315 g/mol. The van der Waals surface area contributed by atoms with Gasteiger partial charge in [-0.05, 0) is 44.1 Å². The summed E-state index contributed by atoms with van der Waals surface area (Å²) in [6.07, 6.45) is 7.02. The maximum atomic E-state index is 12.3. The number of anilines is 1. The lowest BCUT2D eigenvalue weighted by atomic mass is 9.79. The smallest absolute Gasteiger partial charge is 0.341 e. The van der Waals surface area contributed by atoms with E-state index >= 15 is 0 Å². The van der Waals surface area contributed by atoms with E-state index < -0.39 is 0 Å². The number of nitrogens with zero attached hydrogens (tertiary/aromatic N) is 1. The third kappa shape index (κ3) is 3.19. The number of hydrogen-bond acceptors (Lipinski definition) is 4. The number of rotatable bonds is 4. The number of pyridine rings is 1. The van der Waals surface area contributed by atoms with Crippen molar-refractivity contribution in [2.75, 3.05) is 11.9 Å². The maximum absolute atomic E-state index is 12.3. The summed E-state index contributed by atoms with van der Waals surface area (Å²) in [5.74, 6) is 1.04. The number of esters is 1. The number of H-pyrrole nitrogens is 1. The van der Waals surface area contributed by atoms with Crippen LogP contribution in [0.1, 0.15) is 50.4 Å². The summed E-state index contributed by atoms with van der Waals surface area (Å²) in [5, 5.41) is 4.57. The second-order valence-electron chi connectivity index (χ2n) is 6.65. The lowest BCUT2D eigenvalue weighted by Crippen LogP contribution is -2.33. The minimum absolute atomic E-state index is 0.317. The highest BCUT2D eigenvalue weighted by atomic mass is 16.5. The summed E-state index contributed by atoms with van der Waals surface area (Å²) in [7, 11) is 0. The van der Waals surface area contributed by atoms with Crippen LogP contribution in [0, 0.1) is 11.8 Å². The van der Waals surface area contributed by atoms with Crippen LogP contribution >= 0.6 is 0 Å². The van der Waals surface area contributed by atoms with E-state index in [1.54, 1.807) is 6.20 Å². The number of carbonyl (C=O) groups is 1. The summed E-state index contributed by atoms with van der Waals surface area (Å²) in [4.78, 5) is 19.7. The number of fused-ring (bicyclic) bond motifs is 1. The molecular formula is C18H25N3O2. The largest absolute Gasteiger partial charge is 0.462 e. The molecule has 0 aliphatic heterocycles. The molecule has 23 heavy (non-hydrogen) atoms. The van der Waals surface area contributed by atoms with E-state index in [1.807, 2.05) is 19.2 Å². The molecule has 124 valence electrons. The standard InChI is InChI=1S/C18H25N3O2/c1-4-23-18(22)14-10-20-17-13(7-8-19-17)16(14)21-15-6-5-11(2)9-12(15)3/h7-8,10-12,15H,4-6,9H2,1-3H3,(H2,19,20,21). The zero-order valence-electron chi connectivity index (χ0n) is 14.1. The van der Waals surface area contributed by atoms with Crippen molar-refractivity contribution >= 4 is 22.7 Å². The van der Waals surface area contributed by atoms with Gasteiger partial charge in [0.25, 0.3) is 0 Å². The number of carbonyl (C=O) groups excluding carboxylic acids is 1. The molecule has 5 nitrogen and oxygen atoms in total. The summed E-state index contributed by atoms with van der Waals surface area (Å²) in [5.41, 5.74) is 2.16. The van der Waals surface area contributed by atoms with Gasteiger partial charge < -0.3 is 15.0 Å². The topological polar surface area (TPSA) is 67.0 Å². The molecular weight excluding hydrogens is 290 g/mol. The molecule has 5 heteroatoms. The SMILES string of the molecule is CCOC(=O)c1cnc2[nH]ccc2c1NC1CCC(C)CC1C. The first-order valence-corrected chi connectivity index (χ1v) is 8.49. The van der Waals surface area contributed by atoms with Crippen molar-refractivity contribution in [2.45, 2.75) is 46.1 Å². The molecule has 2 heterocycles. The Hall–Kier alpha value is -2.04. The molecule has 0 radical (unpaired) electrons. The monoisotopic (exact) mass is 315 g/mol. The van der Waals surface area contributed by atoms with Gasteiger partial charge in [-0.15, -0.1) is 0 Å². The molecule has 3 unspecified atom stereocenters. The third-order valence-corrected chi connectivity index (χ3v) is 4.84. The van der Waals surface area contributed by atoms with Crippen LogP contribution in [0.3, 0.4) is 0 Å². The van der Waals surface area contributed by atoms with Crippen LogP contribution in [0.15, 0.2) is 18.5 Å². The molecule has 1 aliphatic rings. The van der Waals surface area contributed by atoms with Gasteiger partial charge in [0.15, 0.2) is 0 Å². The molecule has 2 aromatic rings. The fourth-order valence-electron chi connectivity index (χ4n) is 3.59. The van der Waals surface area contributed by atoms with Crippen LogP contribution in [0.25, 0.3) is 11.0 Å². The molecule has 3 rings (SSSR count). The van der Waals surface area contributed by atoms with Gasteiger partial charge >= 0.3 is 5.97 Å². The quantitative estimate of drug-likeness (QED) is 0.838. The number of ether oxygens (including phenoxy) is 1. The van der Waals surface area contributed by atoms with Gasteiger partial charge in [0, 0.05) is 23.8 Å². The number of hydrogen-bond donors (Lipinski definition) is 2. The Bertz CT molecular complexity index is 695. The number of aromatic nitrogens is 2. The highest BCUT2D eigenvalue weighted by Gasteiger charge is 2.27. The molecule has 0 aromatic carbocycles. The first kappa shape index (κ1) is 15.8. The molecule has 3 atom stereocenters. The Labute approximate surface area is 136 Å². The van der Waals surface area contributed by atoms with Crippen molar-refractivity contribution in [3.8, 4) is 0 Å². The van der Waals surface area contributed by atoms with Crippen molar-refractivity contribution in [3.05, 3.63) is 24.0 Å². The van der Waals surface area contributed by atoms with E-state index in [0.717, 1.165) is 29.1 Å². The van der Waals surface area contributed by atoms with Gasteiger partial charge in [0.05, 0.1) is 12.3 Å². The summed E-state index contributed by atoms with van der Waals surface area (Å²) in [6, 6.07) is 2.34. The van der Waals surface area contributed by atoms with Crippen molar-refractivity contribution in [3.63, 3.8) is 0 Å². The van der Waals surface area contributed by atoms with Gasteiger partial charge in [-0.1, -0.05) is 13.8 Å². The minimum Gasteiger partial charge on any atom is -0.462 e. The predicted octanol–water partition coefficient (Wildman–Crippen LogP) is 3.98. The van der Waals surface area contributed by atoms with Gasteiger partial charge in [-0.3, -0.25) is 0 Å². The van der Waals surface area contributed by atoms with E-state index in [4.69, 9.17) is 4.74 Å². The lowest BCUT2D eigenvalue weighted by Gasteiger charge is -2.34. The van der Waals surface area contributed by atoms with E-state index in [-0.39, 0.29) is 5.97 Å². The van der Waals surface area contributed by atoms with E-state index in [1.165, 1.54) is 12.8 Å². The Morgan fingerprint density at radius 2 is 2.26 bits per heavy atom. The van der Waals surface area contributed by atoms with Gasteiger partial charge in [-0.25, -0.2) is 9.78 Å². The van der Waals surface area contributed by atoms with Crippen LogP contribution in [0.4, 0.5) is 5.69 Å². The highest BCUT2D eigenvalue weighted by Crippen LogP contribution is 2.34. The van der Waals surface area contributed by atoms with E-state index in [9.17, 15) is 4.79 Å². The second-order valence-corrected chi connectivity index (χ2v) is 6.65. The van der Waals surface area contributed by atoms with Gasteiger partial charge in [-0.2, -0.15) is 0 Å². The first-order valence-electron chi connectivity index (χ1n) is 8.49. The summed E-state index contributed by atoms with van der Waals surface area (Å²) >= 11 is 0. The fraction of sp³-hybridized carbons (Fsp3) is 0.556. The Kier molecular flexibility index (Phi) is 4.55. The summed E-state index contributed by atoms with van der Waals surface area (Å²) in [6.45, 7) is 6.78. The molecule has 0 amide bonds. The molecule has 1 fully saturated rings. The molecule has 1 aliphatic carbocycles. The maximum Gasteiger partial charge on any atom is 0.341 e. The van der Waals surface area contributed by atoms with Crippen molar-refractivity contribution in [1.29, 1.82) is 0 Å². The van der Waals surface area contributed by atoms with Crippen LogP contribution in [0.5, 0.6) is 0 Å². The number of nitrogens with one attached hydrogen (secondary N) is 2. The van der Waals surface area contributed by atoms with Crippen molar-refractivity contribution in [2.24, 2.45) is 11.8 Å². The Morgan fingerprint density at radius 1 is 1.43 bits per heavy atom. The zero-order chi connectivity index (χ0) is 16.4. The first-order chi connectivity index (χ1) is 11.1. The molecule has 1 saturated carbocycles. The second kappa shape index (κ2) is 6.60. The van der Waals surface area contributed by atoms with E-state index in [2.05, 4.69) is 29.1 Å². The van der Waals surface area contributed by atoms with Gasteiger partial charge in [0.2, 0.25) is 0 Å². The number of aromatic amines is 1. The van der Waals surface area contributed by atoms with Crippen LogP contribution < -0.4 is 5.32 Å². The minimum atomic E-state index is -0.317. The summed E-state index contributed by atoms with van der Waals surface area (Å²) < 4.78 is 5.20. The normalized spacial score (nSPS) is 24.6. The fourth-order valence-corrected chi connectivity index (χ4v) is 3.59. The van der Waals surface area contributed by atoms with E-state index in [0.29, 0.717) is 24.1 Å².